The summed E-state index contributed by atoms with van der Waals surface area (Å²) in [6.45, 7) is 3.03. The van der Waals surface area contributed by atoms with Crippen LogP contribution in [-0.4, -0.2) is 36.5 Å². The number of benzene rings is 1. The largest absolute Gasteiger partial charge is 0.342 e. The summed E-state index contributed by atoms with van der Waals surface area (Å²) < 4.78 is 1.04. The van der Waals surface area contributed by atoms with Crippen LogP contribution in [0.5, 0.6) is 0 Å². The summed E-state index contributed by atoms with van der Waals surface area (Å²) in [6.07, 6.45) is 5.46. The molecule has 0 aromatic heterocycles. The Bertz CT molecular complexity index is 497. The van der Waals surface area contributed by atoms with Crippen molar-refractivity contribution in [1.82, 2.24) is 10.2 Å². The molecule has 0 radical (unpaired) electrons. The fraction of sp³-hybridized carbons (Fsp3) is 0.588. The minimum atomic E-state index is 0. The number of nitrogens with one attached hydrogen (secondary N) is 1. The van der Waals surface area contributed by atoms with Crippen LogP contribution in [0.3, 0.4) is 0 Å². The molecule has 0 saturated carbocycles. The van der Waals surface area contributed by atoms with Gasteiger partial charge in [-0.05, 0) is 55.8 Å². The number of amides is 1. The van der Waals surface area contributed by atoms with E-state index < -0.39 is 0 Å². The van der Waals surface area contributed by atoms with Gasteiger partial charge in [0.1, 0.15) is 0 Å². The van der Waals surface area contributed by atoms with Crippen molar-refractivity contribution in [3.63, 3.8) is 0 Å². The van der Waals surface area contributed by atoms with Crippen molar-refractivity contribution in [2.24, 2.45) is 5.92 Å². The maximum atomic E-state index is 12.4. The minimum Gasteiger partial charge on any atom is -0.342 e. The van der Waals surface area contributed by atoms with Crippen LogP contribution in [0.15, 0.2) is 28.7 Å². The molecule has 1 aromatic carbocycles. The first-order valence-electron chi connectivity index (χ1n) is 7.98. The molecular weight excluding hydrogens is 364 g/mol. The highest BCUT2D eigenvalue weighted by Crippen LogP contribution is 2.26. The lowest BCUT2D eigenvalue weighted by Crippen LogP contribution is -2.43. The molecule has 3 nitrogen and oxygen atoms in total. The molecule has 0 spiro atoms. The van der Waals surface area contributed by atoms with Gasteiger partial charge in [-0.15, -0.1) is 12.4 Å². The number of halogens is 2. The van der Waals surface area contributed by atoms with Gasteiger partial charge < -0.3 is 10.2 Å². The van der Waals surface area contributed by atoms with E-state index in [2.05, 4.69) is 21.2 Å². The molecule has 122 valence electrons. The van der Waals surface area contributed by atoms with Gasteiger partial charge in [0.15, 0.2) is 0 Å². The lowest BCUT2D eigenvalue weighted by molar-refractivity contribution is -0.132. The molecule has 2 aliphatic heterocycles. The lowest BCUT2D eigenvalue weighted by atomic mass is 9.88. The average molecular weight is 388 g/mol. The van der Waals surface area contributed by atoms with Crippen molar-refractivity contribution in [2.45, 2.75) is 38.1 Å². The summed E-state index contributed by atoms with van der Waals surface area (Å²) in [4.78, 5) is 14.4. The van der Waals surface area contributed by atoms with Crippen molar-refractivity contribution >= 4 is 34.2 Å². The number of nitrogens with zero attached hydrogens (tertiary/aromatic N) is 1. The molecule has 1 N–H and O–H groups in total. The zero-order valence-corrected chi connectivity index (χ0v) is 15.2. The molecule has 0 aliphatic carbocycles. The molecule has 1 aromatic rings. The quantitative estimate of drug-likeness (QED) is 0.862. The normalized spacial score (nSPS) is 22.4. The van der Waals surface area contributed by atoms with Crippen molar-refractivity contribution in [2.75, 3.05) is 19.6 Å². The van der Waals surface area contributed by atoms with Gasteiger partial charge in [-0.2, -0.15) is 0 Å². The fourth-order valence-corrected chi connectivity index (χ4v) is 4.05. The first kappa shape index (κ1) is 17.8. The molecule has 1 amide bonds. The molecule has 2 saturated heterocycles. The van der Waals surface area contributed by atoms with Crippen molar-refractivity contribution in [1.29, 1.82) is 0 Å². The fourth-order valence-electron chi connectivity index (χ4n) is 3.60. The first-order valence-corrected chi connectivity index (χ1v) is 8.77. The molecule has 5 heteroatoms. The van der Waals surface area contributed by atoms with Gasteiger partial charge in [-0.25, -0.2) is 0 Å². The summed E-state index contributed by atoms with van der Waals surface area (Å²) in [7, 11) is 0. The first-order chi connectivity index (χ1) is 10.2. The van der Waals surface area contributed by atoms with Crippen LogP contribution < -0.4 is 5.32 Å². The van der Waals surface area contributed by atoms with Gasteiger partial charge in [-0.3, -0.25) is 4.79 Å². The van der Waals surface area contributed by atoms with Gasteiger partial charge in [-0.1, -0.05) is 28.1 Å². The summed E-state index contributed by atoms with van der Waals surface area (Å²) >= 11 is 3.46. The molecule has 2 fully saturated rings. The van der Waals surface area contributed by atoms with Gasteiger partial charge in [0, 0.05) is 23.6 Å². The third kappa shape index (κ3) is 4.46. The van der Waals surface area contributed by atoms with Crippen molar-refractivity contribution in [3.05, 3.63) is 34.3 Å². The zero-order chi connectivity index (χ0) is 14.7. The monoisotopic (exact) mass is 386 g/mol. The summed E-state index contributed by atoms with van der Waals surface area (Å²) in [5.74, 6) is 1.04. The second-order valence-corrected chi connectivity index (χ2v) is 7.14. The van der Waals surface area contributed by atoms with Gasteiger partial charge in [0.25, 0.3) is 0 Å². The van der Waals surface area contributed by atoms with Gasteiger partial charge in [0.2, 0.25) is 5.91 Å². The predicted molar refractivity (Wildman–Crippen MR) is 95.4 cm³/mol. The molecule has 22 heavy (non-hydrogen) atoms. The Morgan fingerprint density at radius 3 is 2.68 bits per heavy atom. The van der Waals surface area contributed by atoms with E-state index in [0.717, 1.165) is 41.9 Å². The average Bonchev–Trinajstić information content (AvgIpc) is 3.01. The predicted octanol–water partition coefficient (Wildman–Crippen LogP) is 3.40. The lowest BCUT2D eigenvalue weighted by Gasteiger charge is -2.35. The number of hydrogen-bond acceptors (Lipinski definition) is 2. The van der Waals surface area contributed by atoms with E-state index in [0.29, 0.717) is 12.5 Å². The summed E-state index contributed by atoms with van der Waals surface area (Å²) in [5, 5.41) is 3.61. The number of carbonyl (C=O) groups is 1. The molecule has 1 unspecified atom stereocenters. The maximum Gasteiger partial charge on any atom is 0.226 e. The number of carbonyl (C=O) groups excluding carboxylic acids is 1. The Balaban J connectivity index is 0.00000176. The summed E-state index contributed by atoms with van der Waals surface area (Å²) in [5.41, 5.74) is 1.09. The van der Waals surface area contributed by atoms with Crippen molar-refractivity contribution < 1.29 is 4.79 Å². The number of rotatable bonds is 3. The van der Waals surface area contributed by atoms with Crippen LogP contribution in [-0.2, 0) is 11.2 Å². The Kier molecular flexibility index (Phi) is 6.72. The summed E-state index contributed by atoms with van der Waals surface area (Å²) in [6, 6.07) is 8.75. The second kappa shape index (κ2) is 8.32. The van der Waals surface area contributed by atoms with Crippen LogP contribution in [0.25, 0.3) is 0 Å². The molecule has 2 aliphatic rings. The van der Waals surface area contributed by atoms with E-state index in [1.807, 2.05) is 29.2 Å². The smallest absolute Gasteiger partial charge is 0.226 e. The highest BCUT2D eigenvalue weighted by atomic mass is 79.9. The number of hydrogen-bond donors (Lipinski definition) is 1. The van der Waals surface area contributed by atoms with Crippen LogP contribution in [0.1, 0.15) is 31.2 Å². The third-order valence-electron chi connectivity index (χ3n) is 4.80. The molecule has 2 heterocycles. The Labute approximate surface area is 147 Å². The second-order valence-electron chi connectivity index (χ2n) is 6.23. The van der Waals surface area contributed by atoms with E-state index in [1.54, 1.807) is 0 Å². The van der Waals surface area contributed by atoms with E-state index in [9.17, 15) is 4.79 Å². The Morgan fingerprint density at radius 2 is 2.05 bits per heavy atom. The van der Waals surface area contributed by atoms with E-state index in [-0.39, 0.29) is 18.3 Å². The van der Waals surface area contributed by atoms with Crippen LogP contribution >= 0.6 is 28.3 Å². The van der Waals surface area contributed by atoms with Crippen LogP contribution in [0.4, 0.5) is 0 Å². The Morgan fingerprint density at radius 1 is 1.27 bits per heavy atom. The minimum absolute atomic E-state index is 0. The molecular formula is C17H24BrClN2O. The van der Waals surface area contributed by atoms with E-state index >= 15 is 0 Å². The Hall–Kier alpha value is -0.580. The molecule has 0 bridgehead atoms. The molecule has 3 rings (SSSR count). The topological polar surface area (TPSA) is 32.3 Å². The highest BCUT2D eigenvalue weighted by Gasteiger charge is 2.29. The third-order valence-corrected chi connectivity index (χ3v) is 5.30. The zero-order valence-electron chi connectivity index (χ0n) is 12.8. The number of piperidine rings is 1. The highest BCUT2D eigenvalue weighted by molar-refractivity contribution is 9.10. The van der Waals surface area contributed by atoms with Crippen LogP contribution in [0, 0.1) is 5.92 Å². The number of likely N-dealkylation sites (tertiary alicyclic amines) is 1. The molecule has 1 atom stereocenters. The van der Waals surface area contributed by atoms with Crippen LogP contribution in [0.2, 0.25) is 0 Å². The maximum absolute atomic E-state index is 12.4. The van der Waals surface area contributed by atoms with Crippen molar-refractivity contribution in [3.8, 4) is 0 Å². The van der Waals surface area contributed by atoms with E-state index in [1.165, 1.54) is 19.4 Å². The standard InChI is InChI=1S/C17H23BrN2O.ClH/c18-15-4-1-3-13(11-15)12-17(21)20-9-6-14(7-10-20)16-5-2-8-19-16;/h1,3-4,11,14,16,19H,2,5-10,12H2;1H. The van der Waals surface area contributed by atoms with E-state index in [4.69, 9.17) is 0 Å². The van der Waals surface area contributed by atoms with Gasteiger partial charge in [0.05, 0.1) is 6.42 Å². The SMILES string of the molecule is Cl.O=C(Cc1cccc(Br)c1)N1CCC(C2CCCN2)CC1. The van der Waals surface area contributed by atoms with Gasteiger partial charge >= 0.3 is 0 Å².